The molecule has 1 aliphatic carbocycles. The van der Waals surface area contributed by atoms with E-state index in [2.05, 4.69) is 0 Å². The molecule has 116 valence electrons. The smallest absolute Gasteiger partial charge is 0.317 e. The molecule has 1 fully saturated rings. The lowest BCUT2D eigenvalue weighted by Crippen LogP contribution is -2.40. The van der Waals surface area contributed by atoms with E-state index in [0.717, 1.165) is 25.7 Å². The molecule has 0 saturated heterocycles. The molecule has 0 aromatic heterocycles. The van der Waals surface area contributed by atoms with Crippen molar-refractivity contribution >= 4 is 21.7 Å². The first-order chi connectivity index (χ1) is 9.30. The number of carboxylic acid groups (broad SMARTS) is 1. The molecule has 1 saturated carbocycles. The van der Waals surface area contributed by atoms with Crippen LogP contribution in [0.25, 0.3) is 0 Å². The Hall–Kier alpha value is -1.15. The van der Waals surface area contributed by atoms with Gasteiger partial charge in [0.1, 0.15) is 0 Å². The predicted octanol–water partition coefficient (Wildman–Crippen LogP) is -0.394. The average Bonchev–Trinajstić information content (AvgIpc) is 2.85. The Labute approximate surface area is 119 Å². The lowest BCUT2D eigenvalue weighted by molar-refractivity contribution is -0.138. The Balaban J connectivity index is 2.52. The molecule has 0 aromatic carbocycles. The number of amides is 1. The van der Waals surface area contributed by atoms with E-state index in [1.54, 1.807) is 4.90 Å². The highest BCUT2D eigenvalue weighted by atomic mass is 32.2. The number of sulfone groups is 1. The third kappa shape index (κ3) is 6.33. The van der Waals surface area contributed by atoms with Crippen LogP contribution < -0.4 is 5.73 Å². The van der Waals surface area contributed by atoms with Gasteiger partial charge in [-0.25, -0.2) is 8.42 Å². The summed E-state index contributed by atoms with van der Waals surface area (Å²) in [5, 5.41) is 8.90. The molecule has 8 heteroatoms. The van der Waals surface area contributed by atoms with E-state index in [-0.39, 0.29) is 37.1 Å². The van der Waals surface area contributed by atoms with Crippen LogP contribution in [0.4, 0.5) is 0 Å². The SMILES string of the molecule is NC(=O)CCS(=O)(=O)CCN(CC(=O)O)C1CCCC1. The van der Waals surface area contributed by atoms with Gasteiger partial charge in [0.2, 0.25) is 5.91 Å². The van der Waals surface area contributed by atoms with E-state index < -0.39 is 21.7 Å². The normalized spacial score (nSPS) is 16.6. The zero-order valence-corrected chi connectivity index (χ0v) is 12.3. The number of hydrogen-bond donors (Lipinski definition) is 2. The summed E-state index contributed by atoms with van der Waals surface area (Å²) in [5.41, 5.74) is 4.93. The summed E-state index contributed by atoms with van der Waals surface area (Å²) in [5.74, 6) is -2.00. The molecule has 3 N–H and O–H groups in total. The van der Waals surface area contributed by atoms with E-state index >= 15 is 0 Å². The van der Waals surface area contributed by atoms with Crippen molar-refractivity contribution in [3.8, 4) is 0 Å². The summed E-state index contributed by atoms with van der Waals surface area (Å²) in [6.45, 7) is 0.0497. The van der Waals surface area contributed by atoms with Gasteiger partial charge >= 0.3 is 5.97 Å². The van der Waals surface area contributed by atoms with E-state index in [1.807, 2.05) is 0 Å². The van der Waals surface area contributed by atoms with Crippen molar-refractivity contribution in [3.05, 3.63) is 0 Å². The van der Waals surface area contributed by atoms with Crippen LogP contribution >= 0.6 is 0 Å². The first kappa shape index (κ1) is 16.9. The number of nitrogens with two attached hydrogens (primary N) is 1. The van der Waals surface area contributed by atoms with E-state index in [1.165, 1.54) is 0 Å². The first-order valence-corrected chi connectivity index (χ1v) is 8.57. The van der Waals surface area contributed by atoms with Gasteiger partial charge in [0.25, 0.3) is 0 Å². The highest BCUT2D eigenvalue weighted by Crippen LogP contribution is 2.23. The Kier molecular flexibility index (Phi) is 6.41. The molecule has 0 unspecified atom stereocenters. The van der Waals surface area contributed by atoms with Crippen LogP contribution in [-0.4, -0.2) is 60.9 Å². The Morgan fingerprint density at radius 2 is 1.80 bits per heavy atom. The minimum absolute atomic E-state index is 0.135. The third-order valence-corrected chi connectivity index (χ3v) is 5.16. The zero-order valence-electron chi connectivity index (χ0n) is 11.5. The average molecular weight is 306 g/mol. The van der Waals surface area contributed by atoms with Gasteiger partial charge in [-0.1, -0.05) is 12.8 Å². The second-order valence-electron chi connectivity index (χ2n) is 5.17. The molecule has 1 aliphatic rings. The number of rotatable bonds is 9. The summed E-state index contributed by atoms with van der Waals surface area (Å²) in [4.78, 5) is 23.2. The molecule has 1 rings (SSSR count). The molecule has 0 spiro atoms. The van der Waals surface area contributed by atoms with E-state index in [9.17, 15) is 18.0 Å². The Morgan fingerprint density at radius 3 is 2.30 bits per heavy atom. The minimum Gasteiger partial charge on any atom is -0.480 e. The summed E-state index contributed by atoms with van der Waals surface area (Å²) in [6.07, 6.45) is 3.73. The van der Waals surface area contributed by atoms with Crippen LogP contribution in [0.5, 0.6) is 0 Å². The third-order valence-electron chi connectivity index (χ3n) is 3.53. The first-order valence-electron chi connectivity index (χ1n) is 6.75. The molecule has 20 heavy (non-hydrogen) atoms. The van der Waals surface area contributed by atoms with Crippen molar-refractivity contribution in [2.45, 2.75) is 38.1 Å². The number of hydrogen-bond acceptors (Lipinski definition) is 5. The second-order valence-corrected chi connectivity index (χ2v) is 7.47. The largest absolute Gasteiger partial charge is 0.480 e. The maximum Gasteiger partial charge on any atom is 0.317 e. The summed E-state index contributed by atoms with van der Waals surface area (Å²) in [6, 6.07) is 0.150. The summed E-state index contributed by atoms with van der Waals surface area (Å²) >= 11 is 0. The molecule has 1 amide bonds. The molecule has 0 atom stereocenters. The van der Waals surface area contributed by atoms with Crippen LogP contribution in [0.1, 0.15) is 32.1 Å². The van der Waals surface area contributed by atoms with Gasteiger partial charge in [-0.05, 0) is 12.8 Å². The number of carboxylic acids is 1. The minimum atomic E-state index is -3.37. The van der Waals surface area contributed by atoms with Crippen LogP contribution in [0.3, 0.4) is 0 Å². The molecular weight excluding hydrogens is 284 g/mol. The van der Waals surface area contributed by atoms with Crippen molar-refractivity contribution in [2.75, 3.05) is 24.6 Å². The highest BCUT2D eigenvalue weighted by Gasteiger charge is 2.25. The van der Waals surface area contributed by atoms with Crippen molar-refractivity contribution in [3.63, 3.8) is 0 Å². The van der Waals surface area contributed by atoms with Crippen molar-refractivity contribution in [1.82, 2.24) is 4.90 Å². The van der Waals surface area contributed by atoms with Gasteiger partial charge in [-0.3, -0.25) is 14.5 Å². The zero-order chi connectivity index (χ0) is 15.2. The highest BCUT2D eigenvalue weighted by molar-refractivity contribution is 7.91. The van der Waals surface area contributed by atoms with Gasteiger partial charge in [0.05, 0.1) is 18.1 Å². The van der Waals surface area contributed by atoms with Gasteiger partial charge in [0.15, 0.2) is 9.84 Å². The van der Waals surface area contributed by atoms with Crippen molar-refractivity contribution < 1.29 is 23.1 Å². The summed E-state index contributed by atoms with van der Waals surface area (Å²) in [7, 11) is -3.37. The van der Waals surface area contributed by atoms with Crippen molar-refractivity contribution in [2.24, 2.45) is 5.73 Å². The van der Waals surface area contributed by atoms with E-state index in [0.29, 0.717) is 0 Å². The Morgan fingerprint density at radius 1 is 1.20 bits per heavy atom. The number of primary amides is 1. The van der Waals surface area contributed by atoms with Crippen LogP contribution in [0.2, 0.25) is 0 Å². The molecule has 7 nitrogen and oxygen atoms in total. The lowest BCUT2D eigenvalue weighted by atomic mass is 10.2. The molecule has 0 aliphatic heterocycles. The maximum atomic E-state index is 11.8. The monoisotopic (exact) mass is 306 g/mol. The van der Waals surface area contributed by atoms with E-state index in [4.69, 9.17) is 10.8 Å². The standard InChI is InChI=1S/C12H22N2O5S/c13-11(15)5-7-20(18,19)8-6-14(9-12(16)17)10-3-1-2-4-10/h10H,1-9H2,(H2,13,15)(H,16,17). The predicted molar refractivity (Wildman–Crippen MR) is 73.9 cm³/mol. The topological polar surface area (TPSA) is 118 Å². The number of aliphatic carboxylic acids is 1. The fourth-order valence-corrected chi connectivity index (χ4v) is 3.68. The van der Waals surface area contributed by atoms with Crippen LogP contribution in [-0.2, 0) is 19.4 Å². The number of carbonyl (C=O) groups excluding carboxylic acids is 1. The van der Waals surface area contributed by atoms with Gasteiger partial charge in [-0.15, -0.1) is 0 Å². The van der Waals surface area contributed by atoms with Gasteiger partial charge < -0.3 is 10.8 Å². The molecule has 0 aromatic rings. The quantitative estimate of drug-likeness (QED) is 0.599. The Bertz CT molecular complexity index is 443. The van der Waals surface area contributed by atoms with Crippen LogP contribution in [0, 0.1) is 0 Å². The molecular formula is C12H22N2O5S. The van der Waals surface area contributed by atoms with Crippen LogP contribution in [0.15, 0.2) is 0 Å². The lowest BCUT2D eigenvalue weighted by Gasteiger charge is -2.26. The number of carbonyl (C=O) groups is 2. The molecule has 0 bridgehead atoms. The van der Waals surface area contributed by atoms with Crippen molar-refractivity contribution in [1.29, 1.82) is 0 Å². The van der Waals surface area contributed by atoms with Gasteiger partial charge in [0, 0.05) is 19.0 Å². The molecule has 0 heterocycles. The fourth-order valence-electron chi connectivity index (χ4n) is 2.45. The number of nitrogens with zero attached hydrogens (tertiary/aromatic N) is 1. The maximum absolute atomic E-state index is 11.8. The fraction of sp³-hybridized carbons (Fsp3) is 0.833. The second kappa shape index (κ2) is 7.58. The molecule has 0 radical (unpaired) electrons. The summed E-state index contributed by atoms with van der Waals surface area (Å²) < 4.78 is 23.5. The van der Waals surface area contributed by atoms with Gasteiger partial charge in [-0.2, -0.15) is 0 Å².